The number of hydrogen-bond donors (Lipinski definition) is 0. The monoisotopic (exact) mass is 382 g/mol. The highest BCUT2D eigenvalue weighted by molar-refractivity contribution is 6.30. The zero-order valence-corrected chi connectivity index (χ0v) is 16.7. The third kappa shape index (κ3) is 3.91. The topological polar surface area (TPSA) is 44.1 Å². The zero-order valence-electron chi connectivity index (χ0n) is 16.0. The largest absolute Gasteiger partial charge is 0.461 e. The van der Waals surface area contributed by atoms with Gasteiger partial charge in [0.15, 0.2) is 5.69 Å². The Kier molecular flexibility index (Phi) is 5.38. The van der Waals surface area contributed by atoms with E-state index in [4.69, 9.17) is 16.3 Å². The van der Waals surface area contributed by atoms with Crippen LogP contribution in [0.4, 0.5) is 0 Å². The molecule has 0 spiro atoms. The van der Waals surface area contributed by atoms with E-state index in [1.807, 2.05) is 31.2 Å². The third-order valence-corrected chi connectivity index (χ3v) is 5.02. The van der Waals surface area contributed by atoms with Gasteiger partial charge in [-0.1, -0.05) is 49.7 Å². The smallest absolute Gasteiger partial charge is 0.358 e. The molecular formula is C22H23ClN2O2. The fourth-order valence-electron chi connectivity index (χ4n) is 3.09. The van der Waals surface area contributed by atoms with Crippen molar-refractivity contribution in [3.8, 4) is 5.69 Å². The molecular weight excluding hydrogens is 360 g/mol. The van der Waals surface area contributed by atoms with Gasteiger partial charge in [0.25, 0.3) is 0 Å². The fraction of sp³-hybridized carbons (Fsp3) is 0.273. The zero-order chi connectivity index (χ0) is 19.6. The van der Waals surface area contributed by atoms with Crippen molar-refractivity contribution >= 4 is 17.6 Å². The highest BCUT2D eigenvalue weighted by Crippen LogP contribution is 2.32. The van der Waals surface area contributed by atoms with E-state index in [1.54, 1.807) is 17.7 Å². The summed E-state index contributed by atoms with van der Waals surface area (Å²) in [4.78, 5) is 11.9. The van der Waals surface area contributed by atoms with E-state index in [2.05, 4.69) is 43.2 Å². The average Bonchev–Trinajstić information content (AvgIpc) is 3.04. The van der Waals surface area contributed by atoms with E-state index in [-0.39, 0.29) is 5.41 Å². The van der Waals surface area contributed by atoms with Crippen molar-refractivity contribution in [3.63, 3.8) is 0 Å². The van der Waals surface area contributed by atoms with Gasteiger partial charge in [0.2, 0.25) is 0 Å². The molecule has 3 rings (SSSR count). The van der Waals surface area contributed by atoms with Gasteiger partial charge in [-0.25, -0.2) is 9.48 Å². The second kappa shape index (κ2) is 7.57. The summed E-state index contributed by atoms with van der Waals surface area (Å²) in [6.45, 7) is 8.40. The average molecular weight is 383 g/mol. The maximum absolute atomic E-state index is 11.9. The normalized spacial score (nSPS) is 11.4. The predicted octanol–water partition coefficient (Wildman–Crippen LogP) is 5.34. The summed E-state index contributed by atoms with van der Waals surface area (Å²) in [5.41, 5.74) is 4.32. The minimum absolute atomic E-state index is 0.154. The van der Waals surface area contributed by atoms with E-state index < -0.39 is 5.97 Å². The van der Waals surface area contributed by atoms with Crippen molar-refractivity contribution < 1.29 is 9.53 Å². The van der Waals surface area contributed by atoms with Crippen LogP contribution in [0, 0.1) is 6.92 Å². The van der Waals surface area contributed by atoms with Crippen LogP contribution in [-0.2, 0) is 10.2 Å². The summed E-state index contributed by atoms with van der Waals surface area (Å²) in [7, 11) is 0. The molecule has 3 aromatic rings. The summed E-state index contributed by atoms with van der Waals surface area (Å²) in [6, 6.07) is 17.9. The van der Waals surface area contributed by atoms with Crippen molar-refractivity contribution in [3.05, 3.63) is 82.1 Å². The van der Waals surface area contributed by atoms with E-state index in [1.165, 1.54) is 11.1 Å². The van der Waals surface area contributed by atoms with E-state index >= 15 is 0 Å². The molecule has 0 saturated carbocycles. The van der Waals surface area contributed by atoms with Gasteiger partial charge in [-0.15, -0.1) is 0 Å². The van der Waals surface area contributed by atoms with Crippen molar-refractivity contribution in [1.29, 1.82) is 0 Å². The minimum Gasteiger partial charge on any atom is -0.461 e. The molecule has 2 aromatic carbocycles. The molecule has 1 aromatic heterocycles. The lowest BCUT2D eigenvalue weighted by molar-refractivity contribution is 0.0519. The Bertz CT molecular complexity index is 941. The number of carbonyl (C=O) groups is 1. The first kappa shape index (κ1) is 19.2. The van der Waals surface area contributed by atoms with Crippen LogP contribution < -0.4 is 0 Å². The summed E-state index contributed by atoms with van der Waals surface area (Å²) < 4.78 is 6.78. The van der Waals surface area contributed by atoms with Gasteiger partial charge in [0, 0.05) is 16.1 Å². The summed E-state index contributed by atoms with van der Waals surface area (Å²) in [5, 5.41) is 5.12. The van der Waals surface area contributed by atoms with Crippen LogP contribution in [0.25, 0.3) is 5.69 Å². The van der Waals surface area contributed by atoms with Gasteiger partial charge < -0.3 is 4.74 Å². The molecule has 0 bridgehead atoms. The Labute approximate surface area is 164 Å². The Morgan fingerprint density at radius 3 is 2.19 bits per heavy atom. The van der Waals surface area contributed by atoms with Gasteiger partial charge in [-0.05, 0) is 55.3 Å². The fourth-order valence-corrected chi connectivity index (χ4v) is 3.22. The van der Waals surface area contributed by atoms with Gasteiger partial charge in [-0.2, -0.15) is 5.10 Å². The van der Waals surface area contributed by atoms with Crippen molar-refractivity contribution in [2.24, 2.45) is 0 Å². The highest BCUT2D eigenvalue weighted by Gasteiger charge is 2.23. The van der Waals surface area contributed by atoms with Crippen LogP contribution in [0.5, 0.6) is 0 Å². The first-order valence-corrected chi connectivity index (χ1v) is 9.31. The molecule has 0 saturated heterocycles. The first-order valence-electron chi connectivity index (χ1n) is 8.93. The number of rotatable bonds is 5. The van der Waals surface area contributed by atoms with Gasteiger partial charge in [-0.3, -0.25) is 0 Å². The number of hydrogen-bond acceptors (Lipinski definition) is 3. The van der Waals surface area contributed by atoms with Crippen molar-refractivity contribution in [2.75, 3.05) is 6.61 Å². The van der Waals surface area contributed by atoms with Gasteiger partial charge in [0.1, 0.15) is 0 Å². The van der Waals surface area contributed by atoms with Crippen LogP contribution in [0.3, 0.4) is 0 Å². The molecule has 0 fully saturated rings. The quantitative estimate of drug-likeness (QED) is 0.559. The molecule has 0 amide bonds. The number of ether oxygens (including phenoxy) is 1. The summed E-state index contributed by atoms with van der Waals surface area (Å²) in [5.74, 6) is -0.403. The highest BCUT2D eigenvalue weighted by atomic mass is 35.5. The molecule has 0 aliphatic heterocycles. The van der Waals surface area contributed by atoms with Crippen LogP contribution in [0.15, 0.2) is 54.6 Å². The molecule has 0 aliphatic rings. The van der Waals surface area contributed by atoms with Gasteiger partial charge in [0.05, 0.1) is 12.3 Å². The van der Waals surface area contributed by atoms with Gasteiger partial charge >= 0.3 is 5.97 Å². The lowest BCUT2D eigenvalue weighted by atomic mass is 9.78. The Morgan fingerprint density at radius 2 is 1.63 bits per heavy atom. The first-order chi connectivity index (χ1) is 12.8. The van der Waals surface area contributed by atoms with E-state index in [0.717, 1.165) is 16.4 Å². The van der Waals surface area contributed by atoms with E-state index in [9.17, 15) is 4.79 Å². The molecule has 0 aliphatic carbocycles. The molecule has 1 heterocycles. The molecule has 27 heavy (non-hydrogen) atoms. The molecule has 0 unspecified atom stereocenters. The number of aromatic nitrogens is 2. The Morgan fingerprint density at radius 1 is 1.07 bits per heavy atom. The van der Waals surface area contributed by atoms with Crippen molar-refractivity contribution in [2.45, 2.75) is 33.1 Å². The van der Waals surface area contributed by atoms with Crippen LogP contribution in [0.1, 0.15) is 48.1 Å². The maximum atomic E-state index is 11.9. The minimum atomic E-state index is -0.403. The second-order valence-electron chi connectivity index (χ2n) is 6.98. The number of nitrogens with zero attached hydrogens (tertiary/aromatic N) is 2. The Balaban J connectivity index is 1.89. The van der Waals surface area contributed by atoms with E-state index in [0.29, 0.717) is 12.3 Å². The molecule has 0 radical (unpaired) electrons. The lowest BCUT2D eigenvalue weighted by Gasteiger charge is -2.26. The molecule has 140 valence electrons. The second-order valence-corrected chi connectivity index (χ2v) is 7.42. The maximum Gasteiger partial charge on any atom is 0.358 e. The molecule has 0 atom stereocenters. The number of aryl methyl sites for hydroxylation is 1. The standard InChI is InChI=1S/C22H23ClN2O2/c1-5-27-21(26)20-14-15(2)25(24-20)19-12-8-17(9-13-19)22(3,4)16-6-10-18(23)11-7-16/h6-14H,5H2,1-4H3. The van der Waals surface area contributed by atoms with Crippen molar-refractivity contribution in [1.82, 2.24) is 9.78 Å². The summed E-state index contributed by atoms with van der Waals surface area (Å²) in [6.07, 6.45) is 0. The number of benzene rings is 2. The van der Waals surface area contributed by atoms with Crippen LogP contribution >= 0.6 is 11.6 Å². The Hall–Kier alpha value is -2.59. The predicted molar refractivity (Wildman–Crippen MR) is 108 cm³/mol. The SMILES string of the molecule is CCOC(=O)c1cc(C)n(-c2ccc(C(C)(C)c3ccc(Cl)cc3)cc2)n1. The number of halogens is 1. The van der Waals surface area contributed by atoms with Crippen LogP contribution in [0.2, 0.25) is 5.02 Å². The molecule has 5 heteroatoms. The summed E-state index contributed by atoms with van der Waals surface area (Å²) >= 11 is 6.01. The molecule has 0 N–H and O–H groups in total. The third-order valence-electron chi connectivity index (χ3n) is 4.77. The number of esters is 1. The number of carbonyl (C=O) groups excluding carboxylic acids is 1. The molecule has 4 nitrogen and oxygen atoms in total. The lowest BCUT2D eigenvalue weighted by Crippen LogP contribution is -2.18. The van der Waals surface area contributed by atoms with Crippen LogP contribution in [-0.4, -0.2) is 22.4 Å².